The van der Waals surface area contributed by atoms with Gasteiger partial charge in [0, 0.05) is 16.2 Å². The Balaban J connectivity index is 2.31. The fraction of sp³-hybridized carbons (Fsp3) is 0.0714. The van der Waals surface area contributed by atoms with E-state index < -0.39 is 17.7 Å². The van der Waals surface area contributed by atoms with Gasteiger partial charge in [0.15, 0.2) is 0 Å². The monoisotopic (exact) mass is 322 g/mol. The van der Waals surface area contributed by atoms with Crippen LogP contribution < -0.4 is 5.32 Å². The van der Waals surface area contributed by atoms with Gasteiger partial charge in [0.1, 0.15) is 17.7 Å². The molecule has 19 heavy (non-hydrogen) atoms. The van der Waals surface area contributed by atoms with Crippen molar-refractivity contribution in [2.24, 2.45) is 0 Å². The molecule has 0 aliphatic heterocycles. The summed E-state index contributed by atoms with van der Waals surface area (Å²) in [6.07, 6.45) is 0. The first kappa shape index (κ1) is 13.5. The smallest absolute Gasteiger partial charge is 0.140 e. The van der Waals surface area contributed by atoms with Gasteiger partial charge in [0.25, 0.3) is 0 Å². The molecule has 0 heterocycles. The average Bonchev–Trinajstić information content (AvgIpc) is 2.36. The molecule has 2 aromatic carbocycles. The van der Waals surface area contributed by atoms with Crippen LogP contribution in [0.15, 0.2) is 46.9 Å². The topological polar surface area (TPSA) is 35.8 Å². The molecule has 0 amide bonds. The summed E-state index contributed by atoms with van der Waals surface area (Å²) in [5, 5.41) is 12.1. The molecule has 96 valence electrons. The summed E-state index contributed by atoms with van der Waals surface area (Å²) in [5.74, 6) is -1.41. The van der Waals surface area contributed by atoms with Crippen LogP contribution in [-0.2, 0) is 0 Å². The van der Waals surface area contributed by atoms with Crippen LogP contribution in [0.4, 0.5) is 14.5 Å². The molecule has 0 spiro atoms. The summed E-state index contributed by atoms with van der Waals surface area (Å²) in [6.45, 7) is 0. The number of halogens is 3. The number of para-hydroxylation sites is 1. The second kappa shape index (κ2) is 5.81. The minimum atomic E-state index is -0.830. The van der Waals surface area contributed by atoms with Gasteiger partial charge in [-0.25, -0.2) is 8.78 Å². The van der Waals surface area contributed by atoms with E-state index in [1.54, 1.807) is 12.1 Å². The quantitative estimate of drug-likeness (QED) is 0.908. The lowest BCUT2D eigenvalue weighted by atomic mass is 10.1. The molecule has 1 N–H and O–H groups in total. The zero-order chi connectivity index (χ0) is 13.8. The third-order valence-corrected chi connectivity index (χ3v) is 3.21. The predicted octanol–water partition coefficient (Wildman–Crippen LogP) is 4.40. The molecular weight excluding hydrogens is 314 g/mol. The Morgan fingerprint density at radius 1 is 1.11 bits per heavy atom. The molecular formula is C14H9BrF2N2. The molecule has 0 radical (unpaired) electrons. The lowest BCUT2D eigenvalue weighted by Gasteiger charge is -2.14. The first-order valence-electron chi connectivity index (χ1n) is 5.47. The molecule has 0 saturated heterocycles. The number of nitriles is 1. The number of hydrogen-bond donors (Lipinski definition) is 1. The Bertz CT molecular complexity index is 617. The third-order valence-electron chi connectivity index (χ3n) is 2.52. The summed E-state index contributed by atoms with van der Waals surface area (Å²) in [6, 6.07) is 11.4. The first-order chi connectivity index (χ1) is 9.10. The van der Waals surface area contributed by atoms with E-state index in [0.717, 1.165) is 22.7 Å². The van der Waals surface area contributed by atoms with Crippen molar-refractivity contribution < 1.29 is 8.78 Å². The Labute approximate surface area is 117 Å². The highest BCUT2D eigenvalue weighted by Gasteiger charge is 2.13. The van der Waals surface area contributed by atoms with Crippen molar-refractivity contribution in [2.45, 2.75) is 6.04 Å². The van der Waals surface area contributed by atoms with Crippen molar-refractivity contribution >= 4 is 21.6 Å². The minimum absolute atomic E-state index is 0.246. The van der Waals surface area contributed by atoms with Gasteiger partial charge in [-0.15, -0.1) is 0 Å². The molecule has 0 bridgehead atoms. The number of benzene rings is 2. The second-order valence-electron chi connectivity index (χ2n) is 3.89. The summed E-state index contributed by atoms with van der Waals surface area (Å²) in [5.41, 5.74) is 0.925. The van der Waals surface area contributed by atoms with E-state index in [1.165, 1.54) is 0 Å². The zero-order valence-electron chi connectivity index (χ0n) is 9.70. The molecule has 1 unspecified atom stereocenters. The number of anilines is 1. The van der Waals surface area contributed by atoms with Gasteiger partial charge in [-0.2, -0.15) is 5.26 Å². The largest absolute Gasteiger partial charge is 0.365 e. The van der Waals surface area contributed by atoms with Crippen molar-refractivity contribution in [1.29, 1.82) is 5.26 Å². The molecule has 0 aliphatic carbocycles. The van der Waals surface area contributed by atoms with Crippen LogP contribution in [0.1, 0.15) is 11.6 Å². The maximum absolute atomic E-state index is 13.2. The van der Waals surface area contributed by atoms with Crippen LogP contribution in [-0.4, -0.2) is 0 Å². The van der Waals surface area contributed by atoms with Crippen molar-refractivity contribution in [3.8, 4) is 6.07 Å². The van der Waals surface area contributed by atoms with E-state index in [0.29, 0.717) is 5.69 Å². The van der Waals surface area contributed by atoms with Gasteiger partial charge in [0.2, 0.25) is 0 Å². The molecule has 0 fully saturated rings. The van der Waals surface area contributed by atoms with Gasteiger partial charge in [0.05, 0.1) is 6.07 Å². The summed E-state index contributed by atoms with van der Waals surface area (Å²) in [7, 11) is 0. The molecule has 0 aromatic heterocycles. The molecule has 2 aromatic rings. The van der Waals surface area contributed by atoms with Gasteiger partial charge in [-0.3, -0.25) is 0 Å². The summed E-state index contributed by atoms with van der Waals surface area (Å²) >= 11 is 3.34. The van der Waals surface area contributed by atoms with Gasteiger partial charge in [-0.05, 0) is 45.8 Å². The van der Waals surface area contributed by atoms with E-state index >= 15 is 0 Å². The maximum atomic E-state index is 13.2. The Morgan fingerprint density at radius 3 is 2.32 bits per heavy atom. The van der Waals surface area contributed by atoms with Crippen molar-refractivity contribution in [1.82, 2.24) is 0 Å². The first-order valence-corrected chi connectivity index (χ1v) is 6.26. The summed E-state index contributed by atoms with van der Waals surface area (Å²) < 4.78 is 27.1. The highest BCUT2D eigenvalue weighted by molar-refractivity contribution is 9.10. The Hall–Kier alpha value is -1.93. The molecule has 0 saturated carbocycles. The standard InChI is InChI=1S/C14H9BrF2N2/c15-12-3-1-2-4-13(12)19-14(8-18)9-5-10(16)7-11(17)6-9/h1-7,14,19H. The van der Waals surface area contributed by atoms with Crippen molar-refractivity contribution in [3.63, 3.8) is 0 Å². The third kappa shape index (κ3) is 3.30. The summed E-state index contributed by atoms with van der Waals surface area (Å²) in [4.78, 5) is 0. The van der Waals surface area contributed by atoms with E-state index in [9.17, 15) is 8.78 Å². The number of nitrogens with one attached hydrogen (secondary N) is 1. The van der Waals surface area contributed by atoms with E-state index in [1.807, 2.05) is 18.2 Å². The van der Waals surface area contributed by atoms with Gasteiger partial charge >= 0.3 is 0 Å². The lowest BCUT2D eigenvalue weighted by Crippen LogP contribution is -2.09. The van der Waals surface area contributed by atoms with Crippen molar-refractivity contribution in [2.75, 3.05) is 5.32 Å². The van der Waals surface area contributed by atoms with Gasteiger partial charge < -0.3 is 5.32 Å². The van der Waals surface area contributed by atoms with Crippen LogP contribution in [0.5, 0.6) is 0 Å². The fourth-order valence-electron chi connectivity index (χ4n) is 1.67. The molecule has 2 rings (SSSR count). The van der Waals surface area contributed by atoms with E-state index in [-0.39, 0.29) is 5.56 Å². The highest BCUT2D eigenvalue weighted by atomic mass is 79.9. The van der Waals surface area contributed by atoms with E-state index in [4.69, 9.17) is 5.26 Å². The fourth-order valence-corrected chi connectivity index (χ4v) is 2.06. The normalized spacial score (nSPS) is 11.7. The van der Waals surface area contributed by atoms with Crippen LogP contribution in [0.2, 0.25) is 0 Å². The molecule has 5 heteroatoms. The average molecular weight is 323 g/mol. The SMILES string of the molecule is N#CC(Nc1ccccc1Br)c1cc(F)cc(F)c1. The minimum Gasteiger partial charge on any atom is -0.365 e. The lowest BCUT2D eigenvalue weighted by molar-refractivity contribution is 0.579. The van der Waals surface area contributed by atoms with Gasteiger partial charge in [-0.1, -0.05) is 12.1 Å². The highest BCUT2D eigenvalue weighted by Crippen LogP contribution is 2.26. The second-order valence-corrected chi connectivity index (χ2v) is 4.74. The van der Waals surface area contributed by atoms with Crippen LogP contribution in [0.25, 0.3) is 0 Å². The Kier molecular flexibility index (Phi) is 4.13. The van der Waals surface area contributed by atoms with Crippen molar-refractivity contribution in [3.05, 3.63) is 64.1 Å². The zero-order valence-corrected chi connectivity index (χ0v) is 11.3. The predicted molar refractivity (Wildman–Crippen MR) is 72.5 cm³/mol. The van der Waals surface area contributed by atoms with Crippen LogP contribution in [0.3, 0.4) is 0 Å². The Morgan fingerprint density at radius 2 is 1.74 bits per heavy atom. The number of nitrogens with zero attached hydrogens (tertiary/aromatic N) is 1. The maximum Gasteiger partial charge on any atom is 0.140 e. The number of hydrogen-bond acceptors (Lipinski definition) is 2. The molecule has 2 nitrogen and oxygen atoms in total. The van der Waals surface area contributed by atoms with Crippen LogP contribution in [0, 0.1) is 23.0 Å². The van der Waals surface area contributed by atoms with E-state index in [2.05, 4.69) is 21.2 Å². The molecule has 0 aliphatic rings. The number of rotatable bonds is 3. The van der Waals surface area contributed by atoms with Crippen LogP contribution >= 0.6 is 15.9 Å². The molecule has 1 atom stereocenters.